The summed E-state index contributed by atoms with van der Waals surface area (Å²) >= 11 is 3.31. The van der Waals surface area contributed by atoms with Crippen molar-refractivity contribution in [1.29, 1.82) is 0 Å². The van der Waals surface area contributed by atoms with E-state index in [9.17, 15) is 8.42 Å². The first-order chi connectivity index (χ1) is 11.5. The molecule has 0 saturated heterocycles. The Morgan fingerprint density at radius 3 is 2.46 bits per heavy atom. The molecule has 0 bridgehead atoms. The summed E-state index contributed by atoms with van der Waals surface area (Å²) in [5, 5.41) is 0.683. The summed E-state index contributed by atoms with van der Waals surface area (Å²) in [6, 6.07) is 6.47. The quantitative estimate of drug-likeness (QED) is 0.245. The van der Waals surface area contributed by atoms with Crippen LogP contribution in [-0.2, 0) is 10.0 Å². The van der Waals surface area contributed by atoms with Gasteiger partial charge in [0.15, 0.2) is 0 Å². The average molecular weight is 412 g/mol. The first-order valence-corrected chi connectivity index (χ1v) is 10.8. The topological polar surface area (TPSA) is 37.4 Å². The molecule has 0 fully saturated rings. The molecule has 132 valence electrons. The first kappa shape index (κ1) is 21.0. The number of nitrogens with zero attached hydrogens (tertiary/aromatic N) is 1. The molecular formula is C19H26BrNO2S. The summed E-state index contributed by atoms with van der Waals surface area (Å²) in [6.45, 7) is 4.33. The average Bonchev–Trinajstić information content (AvgIpc) is 2.57. The van der Waals surface area contributed by atoms with E-state index < -0.39 is 16.1 Å². The molecule has 0 amide bonds. The summed E-state index contributed by atoms with van der Waals surface area (Å²) in [4.78, 5) is 0.288. The molecular weight excluding hydrogens is 386 g/mol. The molecule has 3 nitrogen and oxygen atoms in total. The van der Waals surface area contributed by atoms with Gasteiger partial charge >= 0.3 is 0 Å². The van der Waals surface area contributed by atoms with Crippen LogP contribution in [0.4, 0.5) is 0 Å². The van der Waals surface area contributed by atoms with E-state index >= 15 is 0 Å². The minimum atomic E-state index is -3.62. The van der Waals surface area contributed by atoms with Gasteiger partial charge in [-0.15, -0.1) is 6.42 Å². The predicted octanol–water partition coefficient (Wildman–Crippen LogP) is 4.52. The smallest absolute Gasteiger partial charge is 0.207 e. The normalized spacial score (nSPS) is 13.3. The standard InChI is InChI=1S/C19H26BrNO2S/c1-4-6-7-10-18(5-2)21(16-9-8-15-20)24(22,23)19-13-11-17(3)12-14-19/h2,8-9,11-14,18H,4,6-7,10,15-16H2,1,3H3/b9-8+. The lowest BCUT2D eigenvalue weighted by Gasteiger charge is -2.26. The minimum absolute atomic E-state index is 0.281. The molecule has 0 aromatic heterocycles. The summed E-state index contributed by atoms with van der Waals surface area (Å²) < 4.78 is 27.5. The van der Waals surface area contributed by atoms with E-state index in [0.29, 0.717) is 11.8 Å². The molecule has 24 heavy (non-hydrogen) atoms. The highest BCUT2D eigenvalue weighted by molar-refractivity contribution is 9.09. The van der Waals surface area contributed by atoms with Crippen LogP contribution in [0.2, 0.25) is 0 Å². The van der Waals surface area contributed by atoms with E-state index in [-0.39, 0.29) is 11.4 Å². The first-order valence-electron chi connectivity index (χ1n) is 8.23. The van der Waals surface area contributed by atoms with E-state index in [4.69, 9.17) is 6.42 Å². The maximum atomic E-state index is 13.1. The van der Waals surface area contributed by atoms with Gasteiger partial charge in [0.05, 0.1) is 10.9 Å². The van der Waals surface area contributed by atoms with Gasteiger partial charge in [0.2, 0.25) is 10.0 Å². The molecule has 0 spiro atoms. The fourth-order valence-electron chi connectivity index (χ4n) is 2.38. The second kappa shape index (κ2) is 10.7. The van der Waals surface area contributed by atoms with E-state index in [1.54, 1.807) is 24.3 Å². The number of rotatable bonds is 10. The van der Waals surface area contributed by atoms with E-state index in [0.717, 1.165) is 24.8 Å². The summed E-state index contributed by atoms with van der Waals surface area (Å²) in [7, 11) is -3.62. The highest BCUT2D eigenvalue weighted by atomic mass is 79.9. The number of benzene rings is 1. The largest absolute Gasteiger partial charge is 0.244 e. The zero-order valence-corrected chi connectivity index (χ0v) is 16.8. The number of hydrogen-bond donors (Lipinski definition) is 0. The van der Waals surface area contributed by atoms with Gasteiger partial charge in [-0.05, 0) is 25.5 Å². The van der Waals surface area contributed by atoms with Gasteiger partial charge in [0.25, 0.3) is 0 Å². The molecule has 5 heteroatoms. The van der Waals surface area contributed by atoms with Gasteiger partial charge < -0.3 is 0 Å². The van der Waals surface area contributed by atoms with Crippen LogP contribution in [0.15, 0.2) is 41.3 Å². The van der Waals surface area contributed by atoms with Gasteiger partial charge in [0, 0.05) is 11.9 Å². The van der Waals surface area contributed by atoms with Crippen molar-refractivity contribution in [2.45, 2.75) is 50.5 Å². The van der Waals surface area contributed by atoms with E-state index in [1.165, 1.54) is 4.31 Å². The summed E-state index contributed by atoms with van der Waals surface area (Å²) in [6.07, 6.45) is 13.1. The molecule has 1 atom stereocenters. The van der Waals surface area contributed by atoms with Gasteiger partial charge in [-0.1, -0.05) is 77.9 Å². The molecule has 1 unspecified atom stereocenters. The van der Waals surface area contributed by atoms with Crippen molar-refractivity contribution in [3.05, 3.63) is 42.0 Å². The second-order valence-electron chi connectivity index (χ2n) is 5.69. The number of unbranched alkanes of at least 4 members (excludes halogenated alkanes) is 2. The number of alkyl halides is 1. The van der Waals surface area contributed by atoms with E-state index in [1.807, 2.05) is 19.1 Å². The fraction of sp³-hybridized carbons (Fsp3) is 0.474. The molecule has 1 aromatic carbocycles. The highest BCUT2D eigenvalue weighted by Crippen LogP contribution is 2.21. The third-order valence-electron chi connectivity index (χ3n) is 3.79. The Bertz CT molecular complexity index is 660. The van der Waals surface area contributed by atoms with Crippen LogP contribution in [0.25, 0.3) is 0 Å². The summed E-state index contributed by atoms with van der Waals surface area (Å²) in [5.74, 6) is 2.68. The van der Waals surface area contributed by atoms with Crippen LogP contribution in [0.5, 0.6) is 0 Å². The number of halogens is 1. The minimum Gasteiger partial charge on any atom is -0.207 e. The van der Waals surface area contributed by atoms with Crippen LogP contribution >= 0.6 is 15.9 Å². The van der Waals surface area contributed by atoms with Gasteiger partial charge in [-0.2, -0.15) is 4.31 Å². The van der Waals surface area contributed by atoms with Crippen molar-refractivity contribution >= 4 is 26.0 Å². The third kappa shape index (κ3) is 6.08. The zero-order chi connectivity index (χ0) is 18.0. The molecule has 0 N–H and O–H groups in total. The second-order valence-corrected chi connectivity index (χ2v) is 8.23. The zero-order valence-electron chi connectivity index (χ0n) is 14.4. The predicted molar refractivity (Wildman–Crippen MR) is 105 cm³/mol. The van der Waals surface area contributed by atoms with Crippen molar-refractivity contribution < 1.29 is 8.42 Å². The van der Waals surface area contributed by atoms with Crippen molar-refractivity contribution in [1.82, 2.24) is 4.31 Å². The SMILES string of the molecule is C#CC(CCCCC)N(C/C=C/CBr)S(=O)(=O)c1ccc(C)cc1. The molecule has 0 aliphatic carbocycles. The Balaban J connectivity index is 3.12. The van der Waals surface area contributed by atoms with Gasteiger partial charge in [-0.25, -0.2) is 8.42 Å². The number of aryl methyl sites for hydroxylation is 1. The Kier molecular flexibility index (Phi) is 9.35. The van der Waals surface area contributed by atoms with Crippen molar-refractivity contribution in [2.24, 2.45) is 0 Å². The number of allylic oxidation sites excluding steroid dienone is 1. The van der Waals surface area contributed by atoms with Crippen molar-refractivity contribution in [3.8, 4) is 12.3 Å². The fourth-order valence-corrected chi connectivity index (χ4v) is 4.18. The van der Waals surface area contributed by atoms with E-state index in [2.05, 4.69) is 28.8 Å². The molecule has 0 aliphatic heterocycles. The van der Waals surface area contributed by atoms with Crippen LogP contribution in [0, 0.1) is 19.3 Å². The Morgan fingerprint density at radius 2 is 1.92 bits per heavy atom. The maximum Gasteiger partial charge on any atom is 0.244 e. The molecule has 0 heterocycles. The lowest BCUT2D eigenvalue weighted by Crippen LogP contribution is -2.39. The van der Waals surface area contributed by atoms with Crippen molar-refractivity contribution in [2.75, 3.05) is 11.9 Å². The van der Waals surface area contributed by atoms with Crippen LogP contribution in [-0.4, -0.2) is 30.6 Å². The molecule has 0 aliphatic rings. The maximum absolute atomic E-state index is 13.1. The Morgan fingerprint density at radius 1 is 1.25 bits per heavy atom. The molecule has 1 rings (SSSR count). The van der Waals surface area contributed by atoms with Crippen LogP contribution < -0.4 is 0 Å². The Hall–Kier alpha value is -1.09. The number of sulfonamides is 1. The highest BCUT2D eigenvalue weighted by Gasteiger charge is 2.29. The molecule has 0 radical (unpaired) electrons. The lowest BCUT2D eigenvalue weighted by atomic mass is 10.1. The van der Waals surface area contributed by atoms with Crippen LogP contribution in [0.1, 0.15) is 38.2 Å². The number of hydrogen-bond acceptors (Lipinski definition) is 2. The molecule has 1 aromatic rings. The number of terminal acetylenes is 1. The molecule has 0 saturated carbocycles. The van der Waals surface area contributed by atoms with Gasteiger partial charge in [0.1, 0.15) is 0 Å². The Labute approximate surface area is 155 Å². The van der Waals surface area contributed by atoms with Crippen LogP contribution in [0.3, 0.4) is 0 Å². The lowest BCUT2D eigenvalue weighted by molar-refractivity contribution is 0.374. The third-order valence-corrected chi connectivity index (χ3v) is 6.05. The van der Waals surface area contributed by atoms with Gasteiger partial charge in [-0.3, -0.25) is 0 Å². The van der Waals surface area contributed by atoms with Crippen molar-refractivity contribution in [3.63, 3.8) is 0 Å². The summed E-state index contributed by atoms with van der Waals surface area (Å²) in [5.41, 5.74) is 1.02. The monoisotopic (exact) mass is 411 g/mol.